The molecule has 3 heterocycles. The number of thiophene rings is 2. The molecule has 2 N–H and O–H groups in total. The van der Waals surface area contributed by atoms with Gasteiger partial charge in [0, 0.05) is 26.5 Å². The van der Waals surface area contributed by atoms with Crippen LogP contribution >= 0.6 is 46.0 Å². The molecular weight excluding hydrogens is 434 g/mol. The standard InChI is InChI=1S/C19H14ClN3O2S3/c20-11-3-1-4-12(7-11)21-16(24)10-26-9-15-22-18(25)17-13(8-28-19(17)23-15)14-5-2-6-27-14/h1-8H,9-10H2,(H,21,24)(H,22,23,25). The van der Waals surface area contributed by atoms with Crippen LogP contribution in [0.1, 0.15) is 5.82 Å². The van der Waals surface area contributed by atoms with Crippen LogP contribution in [-0.2, 0) is 10.5 Å². The minimum absolute atomic E-state index is 0.133. The zero-order valence-electron chi connectivity index (χ0n) is 14.4. The van der Waals surface area contributed by atoms with Gasteiger partial charge < -0.3 is 10.3 Å². The van der Waals surface area contributed by atoms with E-state index < -0.39 is 0 Å². The molecule has 3 aromatic heterocycles. The lowest BCUT2D eigenvalue weighted by atomic mass is 10.2. The minimum atomic E-state index is -0.145. The zero-order valence-corrected chi connectivity index (χ0v) is 17.6. The van der Waals surface area contributed by atoms with Gasteiger partial charge >= 0.3 is 0 Å². The Morgan fingerprint density at radius 3 is 2.93 bits per heavy atom. The largest absolute Gasteiger partial charge is 0.325 e. The summed E-state index contributed by atoms with van der Waals surface area (Å²) in [6.07, 6.45) is 0. The van der Waals surface area contributed by atoms with Gasteiger partial charge in [0.05, 0.1) is 16.9 Å². The number of amides is 1. The van der Waals surface area contributed by atoms with Gasteiger partial charge in [0.1, 0.15) is 10.7 Å². The summed E-state index contributed by atoms with van der Waals surface area (Å²) in [6, 6.07) is 11.0. The van der Waals surface area contributed by atoms with Crippen LogP contribution in [0.15, 0.2) is 52.0 Å². The molecule has 0 fully saturated rings. The van der Waals surface area contributed by atoms with Crippen molar-refractivity contribution in [3.05, 3.63) is 68.4 Å². The van der Waals surface area contributed by atoms with Gasteiger partial charge in [-0.25, -0.2) is 4.98 Å². The molecular formula is C19H14ClN3O2S3. The number of halogens is 1. The Labute approximate surface area is 177 Å². The number of rotatable bonds is 6. The number of hydrogen-bond acceptors (Lipinski definition) is 6. The summed E-state index contributed by atoms with van der Waals surface area (Å²) in [5, 5.41) is 7.94. The van der Waals surface area contributed by atoms with E-state index in [0.29, 0.717) is 32.5 Å². The van der Waals surface area contributed by atoms with Gasteiger partial charge in [0.15, 0.2) is 0 Å². The van der Waals surface area contributed by atoms with Crippen LogP contribution in [0.4, 0.5) is 5.69 Å². The molecule has 0 saturated carbocycles. The third-order valence-electron chi connectivity index (χ3n) is 3.86. The number of benzene rings is 1. The van der Waals surface area contributed by atoms with Crippen molar-refractivity contribution in [3.8, 4) is 10.4 Å². The van der Waals surface area contributed by atoms with Gasteiger partial charge in [0.25, 0.3) is 5.56 Å². The summed E-state index contributed by atoms with van der Waals surface area (Å²) in [6.45, 7) is 0. The van der Waals surface area contributed by atoms with E-state index in [0.717, 1.165) is 10.4 Å². The van der Waals surface area contributed by atoms with Crippen LogP contribution in [0.5, 0.6) is 0 Å². The number of aromatic amines is 1. The number of H-pyrrole nitrogens is 1. The third kappa shape index (κ3) is 4.30. The molecule has 0 spiro atoms. The molecule has 4 aromatic rings. The lowest BCUT2D eigenvalue weighted by Crippen LogP contribution is -2.15. The summed E-state index contributed by atoms with van der Waals surface area (Å²) in [5.74, 6) is 1.13. The zero-order chi connectivity index (χ0) is 19.5. The Balaban J connectivity index is 1.41. The molecule has 0 saturated heterocycles. The quantitative estimate of drug-likeness (QED) is 0.424. The van der Waals surface area contributed by atoms with E-state index in [4.69, 9.17) is 11.6 Å². The number of hydrogen-bond donors (Lipinski definition) is 2. The first-order valence-electron chi connectivity index (χ1n) is 8.27. The molecule has 0 aliphatic rings. The van der Waals surface area contributed by atoms with Gasteiger partial charge in [0.2, 0.25) is 5.91 Å². The van der Waals surface area contributed by atoms with E-state index in [1.807, 2.05) is 22.9 Å². The van der Waals surface area contributed by atoms with Crippen molar-refractivity contribution in [2.24, 2.45) is 0 Å². The molecule has 0 aliphatic heterocycles. The van der Waals surface area contributed by atoms with Crippen molar-refractivity contribution in [3.63, 3.8) is 0 Å². The highest BCUT2D eigenvalue weighted by Gasteiger charge is 2.14. The Kier molecular flexibility index (Phi) is 5.82. The lowest BCUT2D eigenvalue weighted by Gasteiger charge is -2.05. The number of carbonyl (C=O) groups is 1. The average Bonchev–Trinajstić information content (AvgIpc) is 3.31. The van der Waals surface area contributed by atoms with E-state index in [1.54, 1.807) is 35.6 Å². The number of aromatic nitrogens is 2. The van der Waals surface area contributed by atoms with Crippen molar-refractivity contribution < 1.29 is 4.79 Å². The smallest absolute Gasteiger partial charge is 0.260 e. The Morgan fingerprint density at radius 2 is 2.14 bits per heavy atom. The highest BCUT2D eigenvalue weighted by atomic mass is 35.5. The number of thioether (sulfide) groups is 1. The maximum absolute atomic E-state index is 12.6. The first-order valence-corrected chi connectivity index (χ1v) is 11.6. The average molecular weight is 448 g/mol. The molecule has 0 atom stereocenters. The fourth-order valence-corrected chi connectivity index (χ4v) is 5.34. The van der Waals surface area contributed by atoms with E-state index in [-0.39, 0.29) is 17.2 Å². The predicted molar refractivity (Wildman–Crippen MR) is 120 cm³/mol. The first kappa shape index (κ1) is 19.2. The number of nitrogens with zero attached hydrogens (tertiary/aromatic N) is 1. The van der Waals surface area contributed by atoms with Crippen molar-refractivity contribution in [2.45, 2.75) is 5.75 Å². The Bertz CT molecular complexity index is 1180. The molecule has 28 heavy (non-hydrogen) atoms. The number of carbonyl (C=O) groups excluding carboxylic acids is 1. The van der Waals surface area contributed by atoms with Crippen molar-refractivity contribution in [1.82, 2.24) is 9.97 Å². The second kappa shape index (κ2) is 8.48. The summed E-state index contributed by atoms with van der Waals surface area (Å²) < 4.78 is 0. The van der Waals surface area contributed by atoms with Crippen LogP contribution < -0.4 is 10.9 Å². The molecule has 5 nitrogen and oxygen atoms in total. The van der Waals surface area contributed by atoms with Gasteiger partial charge in [-0.15, -0.1) is 34.4 Å². The van der Waals surface area contributed by atoms with Crippen LogP contribution in [-0.4, -0.2) is 21.6 Å². The van der Waals surface area contributed by atoms with E-state index in [9.17, 15) is 9.59 Å². The van der Waals surface area contributed by atoms with Gasteiger partial charge in [-0.2, -0.15) is 0 Å². The number of anilines is 1. The molecule has 1 amide bonds. The molecule has 0 bridgehead atoms. The molecule has 142 valence electrons. The number of nitrogens with one attached hydrogen (secondary N) is 2. The second-order valence-electron chi connectivity index (χ2n) is 5.87. The van der Waals surface area contributed by atoms with Gasteiger partial charge in [-0.1, -0.05) is 23.7 Å². The van der Waals surface area contributed by atoms with Crippen LogP contribution in [0.3, 0.4) is 0 Å². The highest BCUT2D eigenvalue weighted by Crippen LogP contribution is 2.33. The minimum Gasteiger partial charge on any atom is -0.325 e. The molecule has 4 rings (SSSR count). The molecule has 0 radical (unpaired) electrons. The van der Waals surface area contributed by atoms with E-state index >= 15 is 0 Å². The lowest BCUT2D eigenvalue weighted by molar-refractivity contribution is -0.113. The molecule has 1 aromatic carbocycles. The van der Waals surface area contributed by atoms with Gasteiger partial charge in [-0.3, -0.25) is 9.59 Å². The van der Waals surface area contributed by atoms with Crippen LogP contribution in [0.2, 0.25) is 5.02 Å². The normalized spacial score (nSPS) is 11.0. The van der Waals surface area contributed by atoms with Crippen LogP contribution in [0.25, 0.3) is 20.7 Å². The van der Waals surface area contributed by atoms with Crippen molar-refractivity contribution >= 4 is 67.8 Å². The SMILES string of the molecule is O=C(CSCc1nc2scc(-c3cccs3)c2c(=O)[nH]1)Nc1cccc(Cl)c1. The third-order valence-corrected chi connectivity index (χ3v) is 6.81. The first-order chi connectivity index (χ1) is 13.6. The molecule has 0 aliphatic carbocycles. The Morgan fingerprint density at radius 1 is 1.25 bits per heavy atom. The van der Waals surface area contributed by atoms with Gasteiger partial charge in [-0.05, 0) is 29.6 Å². The Hall–Kier alpha value is -2.13. The fourth-order valence-electron chi connectivity index (χ4n) is 2.68. The maximum atomic E-state index is 12.6. The monoisotopic (exact) mass is 447 g/mol. The molecule has 0 unspecified atom stereocenters. The van der Waals surface area contributed by atoms with Crippen LogP contribution in [0, 0.1) is 0 Å². The summed E-state index contributed by atoms with van der Waals surface area (Å²) in [4.78, 5) is 33.8. The molecule has 9 heteroatoms. The highest BCUT2D eigenvalue weighted by molar-refractivity contribution is 7.99. The topological polar surface area (TPSA) is 74.8 Å². The van der Waals surface area contributed by atoms with E-state index in [1.165, 1.54) is 23.1 Å². The second-order valence-corrected chi connectivity index (χ2v) is 9.10. The fraction of sp³-hybridized carbons (Fsp3) is 0.105. The summed E-state index contributed by atoms with van der Waals surface area (Å²) in [5.41, 5.74) is 1.43. The van der Waals surface area contributed by atoms with Crippen molar-refractivity contribution in [1.29, 1.82) is 0 Å². The number of fused-ring (bicyclic) bond motifs is 1. The maximum Gasteiger partial charge on any atom is 0.260 e. The van der Waals surface area contributed by atoms with E-state index in [2.05, 4.69) is 15.3 Å². The predicted octanol–water partition coefficient (Wildman–Crippen LogP) is 5.24. The van der Waals surface area contributed by atoms with Crippen molar-refractivity contribution in [2.75, 3.05) is 11.1 Å². The summed E-state index contributed by atoms with van der Waals surface area (Å²) >= 11 is 10.4. The summed E-state index contributed by atoms with van der Waals surface area (Å²) in [7, 11) is 0.